The molecule has 4 aromatic rings. The van der Waals surface area contributed by atoms with E-state index in [1.54, 1.807) is 13.8 Å². The van der Waals surface area contributed by atoms with Crippen LogP contribution in [0.25, 0.3) is 0 Å². The van der Waals surface area contributed by atoms with Gasteiger partial charge in [-0.3, -0.25) is 52.7 Å². The SMILES string of the molecule is CCC(C)[C@H]1NC(=O)[C@H](c2ccc(O)cc2)NC(=O)C(O)CSSC[C@H](C(=O)N2CCC[C@@H]2C(=O)N[C@@H](CCCCNC(=O)c2ccc3c(c2)C2(OC3=O)c3ccc(O)cc3Oc3cc(O)ccc32)C(=O)NCN)NC(=O)[C@@H](CC(N)=O)NC(=O)[C@@H](CCC(N)=O)NC1=O. The fourth-order valence-electron chi connectivity index (χ4n) is 11.3. The molecular weight excluding hydrogens is 1260 g/mol. The molecule has 18 N–H and O–H groups in total. The summed E-state index contributed by atoms with van der Waals surface area (Å²) < 4.78 is 12.1. The number of nitrogens with one attached hydrogen (secondary N) is 8. The average Bonchev–Trinajstić information content (AvgIpc) is 1.47. The number of phenolic OH excluding ortho intramolecular Hbond substituents is 3. The lowest BCUT2D eigenvalue weighted by molar-refractivity contribution is -0.142. The van der Waals surface area contributed by atoms with Crippen molar-refractivity contribution >= 4 is 92.5 Å². The van der Waals surface area contributed by atoms with Crippen LogP contribution in [0.15, 0.2) is 78.9 Å². The van der Waals surface area contributed by atoms with Gasteiger partial charge < -0.3 is 94.5 Å². The van der Waals surface area contributed by atoms with Crippen LogP contribution in [-0.4, -0.2) is 170 Å². The first kappa shape index (κ1) is 70.2. The van der Waals surface area contributed by atoms with Crippen LogP contribution in [0.5, 0.6) is 28.7 Å². The summed E-state index contributed by atoms with van der Waals surface area (Å²) in [7, 11) is 1.77. The molecule has 4 aliphatic rings. The predicted molar refractivity (Wildman–Crippen MR) is 337 cm³/mol. The van der Waals surface area contributed by atoms with E-state index in [9.17, 15) is 78.0 Å². The van der Waals surface area contributed by atoms with Crippen LogP contribution >= 0.6 is 21.6 Å². The quantitative estimate of drug-likeness (QED) is 0.0244. The fraction of sp³-hybridized carbons (Fsp3) is 0.419. The molecule has 4 aromatic carbocycles. The van der Waals surface area contributed by atoms with E-state index in [1.807, 2.05) is 0 Å². The van der Waals surface area contributed by atoms with Crippen molar-refractivity contribution in [3.8, 4) is 28.7 Å². The highest BCUT2D eigenvalue weighted by atomic mass is 33.1. The summed E-state index contributed by atoms with van der Waals surface area (Å²) >= 11 is 0. The van der Waals surface area contributed by atoms with Crippen molar-refractivity contribution in [2.24, 2.45) is 23.1 Å². The van der Waals surface area contributed by atoms with E-state index in [1.165, 1.54) is 83.8 Å². The van der Waals surface area contributed by atoms with Gasteiger partial charge in [0.1, 0.15) is 77.1 Å². The van der Waals surface area contributed by atoms with Crippen LogP contribution in [0.3, 0.4) is 0 Å². The summed E-state index contributed by atoms with van der Waals surface area (Å²) in [5.74, 6) is -12.2. The Morgan fingerprint density at radius 1 is 0.723 bits per heavy atom. The number of aliphatic hydroxyl groups is 1. The maximum absolute atomic E-state index is 14.8. The number of hydrogen-bond acceptors (Lipinski definition) is 21. The summed E-state index contributed by atoms with van der Waals surface area (Å²) in [4.78, 5) is 166. The number of fused-ring (bicyclic) bond motifs is 6. The minimum atomic E-state index is -1.83. The number of nitrogens with two attached hydrogens (primary N) is 3. The van der Waals surface area contributed by atoms with Crippen molar-refractivity contribution in [2.45, 2.75) is 126 Å². The highest BCUT2D eigenvalue weighted by Crippen LogP contribution is 2.57. The molecule has 8 rings (SSSR count). The van der Waals surface area contributed by atoms with E-state index < -0.39 is 150 Å². The molecule has 0 aliphatic carbocycles. The topological polar surface area (TPSA) is 482 Å². The molecule has 9 atom stereocenters. The number of nitrogens with zero attached hydrogens (tertiary/aromatic N) is 1. The fourth-order valence-corrected chi connectivity index (χ4v) is 13.5. The zero-order valence-corrected chi connectivity index (χ0v) is 52.7. The summed E-state index contributed by atoms with van der Waals surface area (Å²) in [6, 6.07) is 7.62. The van der Waals surface area contributed by atoms with Crippen LogP contribution in [0, 0.1) is 5.92 Å². The average molecular weight is 1340 g/mol. The Balaban J connectivity index is 0.967. The molecule has 2 unspecified atom stereocenters. The van der Waals surface area contributed by atoms with E-state index >= 15 is 0 Å². The molecule has 4 heterocycles. The molecule has 2 saturated heterocycles. The molecule has 0 bridgehead atoms. The monoisotopic (exact) mass is 1340 g/mol. The Morgan fingerprint density at radius 3 is 2.02 bits per heavy atom. The van der Waals surface area contributed by atoms with Crippen molar-refractivity contribution in [1.29, 1.82) is 0 Å². The van der Waals surface area contributed by atoms with Crippen molar-refractivity contribution in [3.63, 3.8) is 0 Å². The van der Waals surface area contributed by atoms with Crippen molar-refractivity contribution in [2.75, 3.05) is 31.3 Å². The number of esters is 1. The third-order valence-corrected chi connectivity index (χ3v) is 18.8. The number of hydrogen-bond donors (Lipinski definition) is 15. The first-order chi connectivity index (χ1) is 44.8. The largest absolute Gasteiger partial charge is 0.508 e. The smallest absolute Gasteiger partial charge is 0.340 e. The van der Waals surface area contributed by atoms with Gasteiger partial charge in [-0.1, -0.05) is 54.0 Å². The second-order valence-electron chi connectivity index (χ2n) is 22.9. The number of ether oxygens (including phenoxy) is 2. The normalized spacial score (nSPS) is 22.1. The lowest BCUT2D eigenvalue weighted by Gasteiger charge is -2.36. The summed E-state index contributed by atoms with van der Waals surface area (Å²) in [6.07, 6.45) is -2.43. The Hall–Kier alpha value is -9.66. The van der Waals surface area contributed by atoms with Crippen molar-refractivity contribution in [1.82, 2.24) is 47.4 Å². The second kappa shape index (κ2) is 31.3. The van der Waals surface area contributed by atoms with Gasteiger partial charge in [-0.15, -0.1) is 0 Å². The third kappa shape index (κ3) is 16.6. The van der Waals surface area contributed by atoms with Crippen molar-refractivity contribution in [3.05, 3.63) is 112 Å². The number of amides is 11. The third-order valence-electron chi connectivity index (χ3n) is 16.4. The minimum Gasteiger partial charge on any atom is -0.508 e. The van der Waals surface area contributed by atoms with Gasteiger partial charge in [-0.05, 0) is 105 Å². The lowest BCUT2D eigenvalue weighted by Crippen LogP contribution is -2.61. The summed E-state index contributed by atoms with van der Waals surface area (Å²) in [5, 5.41) is 62.4. The van der Waals surface area contributed by atoms with Gasteiger partial charge in [0.15, 0.2) is 5.60 Å². The summed E-state index contributed by atoms with van der Waals surface area (Å²) in [6.45, 7) is 3.05. The molecular formula is C62H74N12O18S2. The van der Waals surface area contributed by atoms with Gasteiger partial charge in [0.05, 0.1) is 18.7 Å². The number of rotatable bonds is 19. The number of carbonyl (C=O) groups excluding carboxylic acids is 12. The minimum absolute atomic E-state index is 0.0144. The number of aromatic hydroxyl groups is 3. The van der Waals surface area contributed by atoms with Crippen LogP contribution in [0.2, 0.25) is 0 Å². The van der Waals surface area contributed by atoms with Gasteiger partial charge in [0.2, 0.25) is 53.2 Å². The van der Waals surface area contributed by atoms with E-state index in [4.69, 9.17) is 26.7 Å². The van der Waals surface area contributed by atoms with Gasteiger partial charge in [-0.25, -0.2) is 4.79 Å². The number of unbranched alkanes of at least 4 members (excludes halogenated alkanes) is 1. The summed E-state index contributed by atoms with van der Waals surface area (Å²) in [5.41, 5.74) is 16.5. The van der Waals surface area contributed by atoms with E-state index in [-0.39, 0.29) is 115 Å². The van der Waals surface area contributed by atoms with Gasteiger partial charge in [0, 0.05) is 65.4 Å². The Bertz CT molecular complexity index is 3550. The maximum atomic E-state index is 14.8. The van der Waals surface area contributed by atoms with Gasteiger partial charge in [0.25, 0.3) is 11.8 Å². The van der Waals surface area contributed by atoms with Gasteiger partial charge >= 0.3 is 5.97 Å². The lowest BCUT2D eigenvalue weighted by atomic mass is 9.77. The number of carbonyl (C=O) groups is 12. The first-order valence-electron chi connectivity index (χ1n) is 30.2. The highest BCUT2D eigenvalue weighted by Gasteiger charge is 2.54. The molecule has 4 aliphatic heterocycles. The zero-order chi connectivity index (χ0) is 68.1. The first-order valence-corrected chi connectivity index (χ1v) is 32.7. The highest BCUT2D eigenvalue weighted by molar-refractivity contribution is 8.76. The number of aliphatic hydroxyl groups excluding tert-OH is 1. The maximum Gasteiger partial charge on any atom is 0.340 e. The molecule has 0 aromatic heterocycles. The molecule has 0 saturated carbocycles. The van der Waals surface area contributed by atoms with Crippen LogP contribution in [-0.2, 0) is 58.3 Å². The van der Waals surface area contributed by atoms with E-state index in [0.29, 0.717) is 16.7 Å². The second-order valence-corrected chi connectivity index (χ2v) is 25.4. The number of phenols is 3. The van der Waals surface area contributed by atoms with Crippen LogP contribution < -0.4 is 64.5 Å². The van der Waals surface area contributed by atoms with Crippen molar-refractivity contribution < 1.29 is 87.4 Å². The Labute approximate surface area is 546 Å². The number of likely N-dealkylation sites (tertiary alicyclic amines) is 1. The molecule has 32 heteroatoms. The Kier molecular flexibility index (Phi) is 23.4. The molecule has 11 amide bonds. The van der Waals surface area contributed by atoms with Crippen LogP contribution in [0.4, 0.5) is 0 Å². The molecule has 1 spiro atoms. The molecule has 94 heavy (non-hydrogen) atoms. The number of benzene rings is 4. The van der Waals surface area contributed by atoms with E-state index in [2.05, 4.69) is 42.5 Å². The Morgan fingerprint density at radius 2 is 1.37 bits per heavy atom. The van der Waals surface area contributed by atoms with Crippen LogP contribution in [0.1, 0.15) is 121 Å². The van der Waals surface area contributed by atoms with Gasteiger partial charge in [-0.2, -0.15) is 0 Å². The molecule has 0 radical (unpaired) electrons. The molecule has 30 nitrogen and oxygen atoms in total. The predicted octanol–water partition coefficient (Wildman–Crippen LogP) is -0.481. The molecule has 2 fully saturated rings. The van der Waals surface area contributed by atoms with E-state index in [0.717, 1.165) is 21.6 Å². The standard InChI is InChI=1S/C62H74N12O18S2/c1-3-30(2)50-58(87)69-41(19-20-48(64)79)54(83)70-42(26-49(65)80)55(84)71-43(27-93-94-28-45(78)57(86)73-51(59(88)72-50)31-9-12-33(75)13-10-31)60(89)74-22-6-8-44(74)56(85)68-40(53(82)67-29-63)7-4-5-21-66-52(81)32-11-16-36-39(23-32)62(92-61(36)90)37-17-14-34(76)24-46(37)91-47-25-35(77)15-18-38(47)62/h9-18,23-25,30,40-45,50-51,75-78H,3-8,19-22,26-29,63H2,1-2H3,(H2,64,79)(H2,65,80)(H,66,81)(H,67,82)(H,68,85)(H,69,87)(H,70,83)(H,71,84)(H,72,88)(H,73,86)/t30?,40-,41+,42+,43+,44+,45?,50+,51-/m0/s1. The zero-order valence-electron chi connectivity index (χ0n) is 51.1. The number of primary amides is 2. The molecule has 502 valence electrons.